The summed E-state index contributed by atoms with van der Waals surface area (Å²) in [7, 11) is 0. The molecule has 0 radical (unpaired) electrons. The number of likely N-dealkylation sites (tertiary alicyclic amines) is 1. The lowest BCUT2D eigenvalue weighted by molar-refractivity contribution is -0.164. The van der Waals surface area contributed by atoms with E-state index in [1.165, 1.54) is 0 Å². The molecular weight excluding hydrogens is 194 g/mol. The van der Waals surface area contributed by atoms with Gasteiger partial charge >= 0.3 is 5.97 Å². The number of carbonyl (C=O) groups is 1. The zero-order valence-corrected chi connectivity index (χ0v) is 9.24. The van der Waals surface area contributed by atoms with E-state index in [0.29, 0.717) is 6.61 Å². The third-order valence-corrected chi connectivity index (χ3v) is 3.68. The number of aliphatic carboxylic acids is 1. The van der Waals surface area contributed by atoms with E-state index < -0.39 is 11.5 Å². The molecule has 0 aromatic carbocycles. The van der Waals surface area contributed by atoms with E-state index in [1.807, 2.05) is 6.92 Å². The fraction of sp³-hybridized carbons (Fsp3) is 0.909. The van der Waals surface area contributed by atoms with E-state index in [9.17, 15) is 9.90 Å². The lowest BCUT2D eigenvalue weighted by atomic mass is 9.88. The maximum absolute atomic E-state index is 11.4. The minimum Gasteiger partial charge on any atom is -0.480 e. The van der Waals surface area contributed by atoms with E-state index in [-0.39, 0.29) is 6.10 Å². The predicted octanol–water partition coefficient (Wildman–Crippen LogP) is 1.10. The third-order valence-electron chi connectivity index (χ3n) is 3.68. The molecule has 0 bridgehead atoms. The summed E-state index contributed by atoms with van der Waals surface area (Å²) < 4.78 is 5.54. The normalized spacial score (nSPS) is 38.1. The van der Waals surface area contributed by atoms with Crippen LogP contribution in [-0.2, 0) is 9.53 Å². The molecule has 2 saturated heterocycles. The minimum atomic E-state index is -0.733. The van der Waals surface area contributed by atoms with Crippen LogP contribution in [-0.4, -0.2) is 47.3 Å². The van der Waals surface area contributed by atoms with Gasteiger partial charge in [-0.15, -0.1) is 0 Å². The van der Waals surface area contributed by atoms with Crippen LogP contribution in [0.2, 0.25) is 0 Å². The van der Waals surface area contributed by atoms with Crippen LogP contribution in [0.5, 0.6) is 0 Å². The van der Waals surface area contributed by atoms with Gasteiger partial charge in [-0.2, -0.15) is 0 Å². The average Bonchev–Trinajstić information content (AvgIpc) is 2.72. The smallest absolute Gasteiger partial charge is 0.326 e. The topological polar surface area (TPSA) is 49.8 Å². The second kappa shape index (κ2) is 4.10. The van der Waals surface area contributed by atoms with Crippen molar-refractivity contribution in [3.8, 4) is 0 Å². The van der Waals surface area contributed by atoms with Crippen molar-refractivity contribution in [3.63, 3.8) is 0 Å². The second-order valence-electron chi connectivity index (χ2n) is 4.69. The lowest BCUT2D eigenvalue weighted by Crippen LogP contribution is -2.59. The molecule has 4 nitrogen and oxygen atoms in total. The largest absolute Gasteiger partial charge is 0.480 e. The highest BCUT2D eigenvalue weighted by Crippen LogP contribution is 2.32. The molecule has 2 unspecified atom stereocenters. The Hall–Kier alpha value is -0.610. The SMILES string of the molecule is CC1CCC(C(=O)O)(N2CCCC2)CO1. The van der Waals surface area contributed by atoms with Crippen LogP contribution in [0.25, 0.3) is 0 Å². The molecule has 2 atom stereocenters. The van der Waals surface area contributed by atoms with Crippen molar-refractivity contribution in [2.45, 2.75) is 44.2 Å². The van der Waals surface area contributed by atoms with Crippen molar-refractivity contribution < 1.29 is 14.6 Å². The van der Waals surface area contributed by atoms with Crippen LogP contribution >= 0.6 is 0 Å². The molecule has 2 aliphatic heterocycles. The Kier molecular flexibility index (Phi) is 2.98. The van der Waals surface area contributed by atoms with Gasteiger partial charge in [0.25, 0.3) is 0 Å². The number of ether oxygens (including phenoxy) is 1. The highest BCUT2D eigenvalue weighted by Gasteiger charge is 2.47. The molecule has 0 saturated carbocycles. The number of nitrogens with zero attached hydrogens (tertiary/aromatic N) is 1. The molecule has 0 aliphatic carbocycles. The van der Waals surface area contributed by atoms with E-state index >= 15 is 0 Å². The number of carboxylic acids is 1. The Labute approximate surface area is 90.2 Å². The Morgan fingerprint density at radius 2 is 2.13 bits per heavy atom. The van der Waals surface area contributed by atoms with Crippen molar-refractivity contribution in [3.05, 3.63) is 0 Å². The van der Waals surface area contributed by atoms with Crippen molar-refractivity contribution in [2.75, 3.05) is 19.7 Å². The van der Waals surface area contributed by atoms with E-state index in [0.717, 1.165) is 38.8 Å². The van der Waals surface area contributed by atoms with Gasteiger partial charge < -0.3 is 9.84 Å². The fourth-order valence-corrected chi connectivity index (χ4v) is 2.58. The van der Waals surface area contributed by atoms with Gasteiger partial charge in [-0.25, -0.2) is 0 Å². The summed E-state index contributed by atoms with van der Waals surface area (Å²) in [5, 5.41) is 9.41. The molecule has 1 N–H and O–H groups in total. The molecule has 2 fully saturated rings. The Morgan fingerprint density at radius 3 is 2.60 bits per heavy atom. The first-order valence-corrected chi connectivity index (χ1v) is 5.75. The van der Waals surface area contributed by atoms with Gasteiger partial charge in [-0.3, -0.25) is 9.69 Å². The third kappa shape index (κ3) is 1.88. The maximum atomic E-state index is 11.4. The van der Waals surface area contributed by atoms with Gasteiger partial charge in [0.2, 0.25) is 0 Å². The van der Waals surface area contributed by atoms with Crippen LogP contribution in [0.3, 0.4) is 0 Å². The van der Waals surface area contributed by atoms with Gasteiger partial charge in [0.05, 0.1) is 12.7 Å². The summed E-state index contributed by atoms with van der Waals surface area (Å²) in [4.78, 5) is 13.5. The van der Waals surface area contributed by atoms with Crippen LogP contribution in [0.1, 0.15) is 32.6 Å². The van der Waals surface area contributed by atoms with Crippen LogP contribution in [0, 0.1) is 0 Å². The molecule has 2 aliphatic rings. The molecule has 0 aromatic heterocycles. The summed E-state index contributed by atoms with van der Waals surface area (Å²) in [6, 6.07) is 0. The predicted molar refractivity (Wildman–Crippen MR) is 55.8 cm³/mol. The molecule has 0 aromatic rings. The van der Waals surface area contributed by atoms with Gasteiger partial charge in [0, 0.05) is 0 Å². The monoisotopic (exact) mass is 213 g/mol. The lowest BCUT2D eigenvalue weighted by Gasteiger charge is -2.42. The molecule has 86 valence electrons. The Balaban J connectivity index is 2.13. The van der Waals surface area contributed by atoms with Gasteiger partial charge in [-0.05, 0) is 45.7 Å². The molecule has 15 heavy (non-hydrogen) atoms. The summed E-state index contributed by atoms with van der Waals surface area (Å²) in [6.45, 7) is 4.17. The molecule has 0 spiro atoms. The van der Waals surface area contributed by atoms with Gasteiger partial charge in [-0.1, -0.05) is 0 Å². The first kappa shape index (κ1) is 10.9. The Bertz CT molecular complexity index is 240. The summed E-state index contributed by atoms with van der Waals surface area (Å²) in [5.41, 5.74) is -0.733. The van der Waals surface area contributed by atoms with Crippen LogP contribution in [0.15, 0.2) is 0 Å². The number of rotatable bonds is 2. The van der Waals surface area contributed by atoms with E-state index in [1.54, 1.807) is 0 Å². The first-order chi connectivity index (χ1) is 7.15. The van der Waals surface area contributed by atoms with Crippen molar-refractivity contribution in [2.24, 2.45) is 0 Å². The molecule has 4 heteroatoms. The summed E-state index contributed by atoms with van der Waals surface area (Å²) >= 11 is 0. The highest BCUT2D eigenvalue weighted by atomic mass is 16.5. The zero-order chi connectivity index (χ0) is 10.9. The Morgan fingerprint density at radius 1 is 1.47 bits per heavy atom. The second-order valence-corrected chi connectivity index (χ2v) is 4.69. The van der Waals surface area contributed by atoms with Crippen LogP contribution < -0.4 is 0 Å². The zero-order valence-electron chi connectivity index (χ0n) is 9.24. The summed E-state index contributed by atoms with van der Waals surface area (Å²) in [6.07, 6.45) is 4.02. The maximum Gasteiger partial charge on any atom is 0.326 e. The van der Waals surface area contributed by atoms with E-state index in [4.69, 9.17) is 4.74 Å². The standard InChI is InChI=1S/C11H19NO3/c1-9-4-5-11(8-15-9,10(13)14)12-6-2-3-7-12/h9H,2-8H2,1H3,(H,13,14). The summed E-state index contributed by atoms with van der Waals surface area (Å²) in [5.74, 6) is -0.712. The quantitative estimate of drug-likeness (QED) is 0.746. The number of carboxylic acid groups (broad SMARTS) is 1. The van der Waals surface area contributed by atoms with Crippen molar-refractivity contribution >= 4 is 5.97 Å². The first-order valence-electron chi connectivity index (χ1n) is 5.75. The van der Waals surface area contributed by atoms with Crippen molar-refractivity contribution in [1.29, 1.82) is 0 Å². The van der Waals surface area contributed by atoms with Crippen LogP contribution in [0.4, 0.5) is 0 Å². The van der Waals surface area contributed by atoms with Gasteiger partial charge in [0.15, 0.2) is 0 Å². The van der Waals surface area contributed by atoms with Crippen molar-refractivity contribution in [1.82, 2.24) is 4.90 Å². The minimum absolute atomic E-state index is 0.208. The molecular formula is C11H19NO3. The molecule has 2 rings (SSSR count). The fourth-order valence-electron chi connectivity index (χ4n) is 2.58. The van der Waals surface area contributed by atoms with Gasteiger partial charge in [0.1, 0.15) is 5.54 Å². The number of hydrogen-bond donors (Lipinski definition) is 1. The molecule has 2 heterocycles. The van der Waals surface area contributed by atoms with E-state index in [2.05, 4.69) is 4.90 Å². The average molecular weight is 213 g/mol. The number of hydrogen-bond acceptors (Lipinski definition) is 3. The highest BCUT2D eigenvalue weighted by molar-refractivity contribution is 5.79. The molecule has 0 amide bonds.